The number of hydrogen-bond donors (Lipinski definition) is 2. The number of thioether (sulfide) groups is 1. The molecule has 6 nitrogen and oxygen atoms in total. The Morgan fingerprint density at radius 2 is 1.82 bits per heavy atom. The fourth-order valence-electron chi connectivity index (χ4n) is 3.19. The molecule has 0 aliphatic heterocycles. The van der Waals surface area contributed by atoms with Crippen molar-refractivity contribution in [2.75, 3.05) is 18.2 Å². The van der Waals surface area contributed by atoms with Gasteiger partial charge in [0.1, 0.15) is 16.7 Å². The topological polar surface area (TPSA) is 84.5 Å². The Morgan fingerprint density at radius 3 is 2.52 bits per heavy atom. The van der Waals surface area contributed by atoms with Crippen molar-refractivity contribution in [2.24, 2.45) is 0 Å². The maximum Gasteiger partial charge on any atom is 0.245 e. The van der Waals surface area contributed by atoms with Gasteiger partial charge in [-0.1, -0.05) is 48.0 Å². The summed E-state index contributed by atoms with van der Waals surface area (Å²) < 4.78 is 34.6. The molecular formula is C24H25ClN2O4S2. The van der Waals surface area contributed by atoms with E-state index < -0.39 is 22.0 Å². The van der Waals surface area contributed by atoms with Crippen LogP contribution in [0.3, 0.4) is 0 Å². The smallest absolute Gasteiger partial charge is 0.245 e. The van der Waals surface area contributed by atoms with E-state index in [-0.39, 0.29) is 28.7 Å². The SMILES string of the molecule is CCOc1ccc(Cl)cc1S(=O)(=O)NC(Cc1ccccc1)C(=O)Nc1cccc(SC)c1. The molecule has 174 valence electrons. The molecule has 33 heavy (non-hydrogen) atoms. The van der Waals surface area contributed by atoms with E-state index in [1.165, 1.54) is 12.1 Å². The van der Waals surface area contributed by atoms with Crippen LogP contribution in [0, 0.1) is 0 Å². The minimum absolute atomic E-state index is 0.118. The lowest BCUT2D eigenvalue weighted by Crippen LogP contribution is -2.45. The number of hydrogen-bond acceptors (Lipinski definition) is 5. The Balaban J connectivity index is 1.92. The molecule has 0 aliphatic rings. The summed E-state index contributed by atoms with van der Waals surface area (Å²) in [7, 11) is -4.13. The quantitative estimate of drug-likeness (QED) is 0.380. The van der Waals surface area contributed by atoms with Gasteiger partial charge in [-0.3, -0.25) is 4.79 Å². The van der Waals surface area contributed by atoms with Crippen LogP contribution >= 0.6 is 23.4 Å². The molecule has 2 N–H and O–H groups in total. The zero-order chi connectivity index (χ0) is 23.8. The van der Waals surface area contributed by atoms with Crippen molar-refractivity contribution in [3.63, 3.8) is 0 Å². The van der Waals surface area contributed by atoms with Crippen LogP contribution in [0.15, 0.2) is 82.6 Å². The van der Waals surface area contributed by atoms with Gasteiger partial charge in [-0.05, 0) is 61.6 Å². The molecule has 0 aliphatic carbocycles. The normalized spacial score (nSPS) is 12.2. The molecule has 3 aromatic rings. The molecule has 1 amide bonds. The zero-order valence-corrected chi connectivity index (χ0v) is 20.6. The van der Waals surface area contributed by atoms with Crippen LogP contribution in [0.1, 0.15) is 12.5 Å². The standard InChI is InChI=1S/C24H25ClN2O4S2/c1-3-31-22-13-12-18(25)15-23(22)33(29,30)27-21(14-17-8-5-4-6-9-17)24(28)26-19-10-7-11-20(16-19)32-2/h4-13,15-16,21,27H,3,14H2,1-2H3,(H,26,28). The number of rotatable bonds is 10. The predicted octanol–water partition coefficient (Wildman–Crippen LogP) is 4.99. The Labute approximate surface area is 203 Å². The number of nitrogens with one attached hydrogen (secondary N) is 2. The highest BCUT2D eigenvalue weighted by Crippen LogP contribution is 2.28. The highest BCUT2D eigenvalue weighted by atomic mass is 35.5. The maximum absolute atomic E-state index is 13.3. The fourth-order valence-corrected chi connectivity index (χ4v) is 5.25. The highest BCUT2D eigenvalue weighted by Gasteiger charge is 2.28. The molecule has 0 saturated heterocycles. The van der Waals surface area contributed by atoms with Gasteiger partial charge < -0.3 is 10.1 Å². The summed E-state index contributed by atoms with van der Waals surface area (Å²) in [4.78, 5) is 14.1. The van der Waals surface area contributed by atoms with E-state index in [0.717, 1.165) is 10.5 Å². The highest BCUT2D eigenvalue weighted by molar-refractivity contribution is 7.98. The van der Waals surface area contributed by atoms with E-state index in [2.05, 4.69) is 10.0 Å². The van der Waals surface area contributed by atoms with Crippen molar-refractivity contribution in [1.82, 2.24) is 4.72 Å². The lowest BCUT2D eigenvalue weighted by molar-refractivity contribution is -0.117. The van der Waals surface area contributed by atoms with Gasteiger partial charge in [0, 0.05) is 15.6 Å². The van der Waals surface area contributed by atoms with Crippen molar-refractivity contribution >= 4 is 45.0 Å². The second-order valence-electron chi connectivity index (χ2n) is 7.11. The van der Waals surface area contributed by atoms with Crippen LogP contribution in [-0.4, -0.2) is 33.2 Å². The van der Waals surface area contributed by atoms with Crippen LogP contribution < -0.4 is 14.8 Å². The summed E-state index contributed by atoms with van der Waals surface area (Å²) in [5, 5.41) is 3.07. The summed E-state index contributed by atoms with van der Waals surface area (Å²) >= 11 is 7.61. The molecule has 0 radical (unpaired) electrons. The first-order chi connectivity index (χ1) is 15.8. The molecule has 1 unspecified atom stereocenters. The third kappa shape index (κ3) is 6.98. The molecule has 0 bridgehead atoms. The molecular weight excluding hydrogens is 480 g/mol. The predicted molar refractivity (Wildman–Crippen MR) is 134 cm³/mol. The molecule has 0 saturated carbocycles. The summed E-state index contributed by atoms with van der Waals surface area (Å²) in [6.45, 7) is 2.04. The minimum atomic E-state index is -4.13. The van der Waals surface area contributed by atoms with Gasteiger partial charge in [0.15, 0.2) is 0 Å². The molecule has 0 fully saturated rings. The lowest BCUT2D eigenvalue weighted by Gasteiger charge is -2.20. The van der Waals surface area contributed by atoms with Crippen LogP contribution in [0.4, 0.5) is 5.69 Å². The molecule has 0 heterocycles. The largest absolute Gasteiger partial charge is 0.492 e. The number of benzene rings is 3. The van der Waals surface area contributed by atoms with E-state index in [1.807, 2.05) is 54.8 Å². The first kappa shape index (κ1) is 25.1. The minimum Gasteiger partial charge on any atom is -0.492 e. The van der Waals surface area contributed by atoms with E-state index in [0.29, 0.717) is 5.69 Å². The van der Waals surface area contributed by atoms with Crippen molar-refractivity contribution < 1.29 is 17.9 Å². The molecule has 3 aromatic carbocycles. The Kier molecular flexibility index (Phi) is 8.80. The van der Waals surface area contributed by atoms with Gasteiger partial charge in [-0.2, -0.15) is 4.72 Å². The second kappa shape index (κ2) is 11.6. The van der Waals surface area contributed by atoms with Gasteiger partial charge in [-0.25, -0.2) is 8.42 Å². The van der Waals surface area contributed by atoms with Crippen LogP contribution in [-0.2, 0) is 21.2 Å². The zero-order valence-electron chi connectivity index (χ0n) is 18.2. The van der Waals surface area contributed by atoms with E-state index in [4.69, 9.17) is 16.3 Å². The summed E-state index contributed by atoms with van der Waals surface area (Å²) in [5.74, 6) is -0.304. The molecule has 3 rings (SSSR count). The summed E-state index contributed by atoms with van der Waals surface area (Å²) in [6.07, 6.45) is 2.10. The Hall–Kier alpha value is -2.52. The number of halogens is 1. The van der Waals surface area contributed by atoms with Gasteiger partial charge in [0.2, 0.25) is 15.9 Å². The third-order valence-corrected chi connectivity index (χ3v) is 7.18. The number of anilines is 1. The van der Waals surface area contributed by atoms with Crippen molar-refractivity contribution in [3.8, 4) is 5.75 Å². The van der Waals surface area contributed by atoms with Gasteiger partial charge in [0.05, 0.1) is 6.61 Å². The molecule has 0 spiro atoms. The number of carbonyl (C=O) groups is 1. The van der Waals surface area contributed by atoms with Crippen LogP contribution in [0.2, 0.25) is 5.02 Å². The summed E-state index contributed by atoms with van der Waals surface area (Å²) in [5.41, 5.74) is 1.40. The molecule has 1 atom stereocenters. The van der Waals surface area contributed by atoms with Gasteiger partial charge in [-0.15, -0.1) is 11.8 Å². The lowest BCUT2D eigenvalue weighted by atomic mass is 10.1. The van der Waals surface area contributed by atoms with Crippen molar-refractivity contribution in [2.45, 2.75) is 29.2 Å². The average Bonchev–Trinajstić information content (AvgIpc) is 2.80. The summed E-state index contributed by atoms with van der Waals surface area (Å²) in [6, 6.07) is 19.9. The molecule has 0 aromatic heterocycles. The van der Waals surface area contributed by atoms with Gasteiger partial charge >= 0.3 is 0 Å². The molecule has 9 heteroatoms. The number of carbonyl (C=O) groups excluding carboxylic acids is 1. The van der Waals surface area contributed by atoms with Crippen molar-refractivity contribution in [3.05, 3.63) is 83.4 Å². The fraction of sp³-hybridized carbons (Fsp3) is 0.208. The van der Waals surface area contributed by atoms with Crippen LogP contribution in [0.5, 0.6) is 5.75 Å². The Bertz CT molecular complexity index is 1200. The second-order valence-corrected chi connectivity index (χ2v) is 10.1. The monoisotopic (exact) mass is 504 g/mol. The van der Waals surface area contributed by atoms with E-state index >= 15 is 0 Å². The third-order valence-electron chi connectivity index (χ3n) is 4.73. The number of amides is 1. The van der Waals surface area contributed by atoms with E-state index in [1.54, 1.807) is 30.8 Å². The maximum atomic E-state index is 13.3. The van der Waals surface area contributed by atoms with Crippen LogP contribution in [0.25, 0.3) is 0 Å². The first-order valence-electron chi connectivity index (χ1n) is 10.3. The first-order valence-corrected chi connectivity index (χ1v) is 13.3. The van der Waals surface area contributed by atoms with Gasteiger partial charge in [0.25, 0.3) is 0 Å². The number of sulfonamides is 1. The van der Waals surface area contributed by atoms with Crippen molar-refractivity contribution in [1.29, 1.82) is 0 Å². The van der Waals surface area contributed by atoms with E-state index in [9.17, 15) is 13.2 Å². The Morgan fingerprint density at radius 1 is 1.06 bits per heavy atom. The number of ether oxygens (including phenoxy) is 1. The average molecular weight is 505 g/mol.